The molecule has 1 saturated heterocycles. The molecule has 38 heavy (non-hydrogen) atoms. The first-order chi connectivity index (χ1) is 18.2. The second kappa shape index (κ2) is 10.9. The molecule has 1 N–H and O–H groups in total. The van der Waals surface area contributed by atoms with Crippen LogP contribution in [-0.2, 0) is 16.2 Å². The highest BCUT2D eigenvalue weighted by Crippen LogP contribution is 2.34. The first kappa shape index (κ1) is 26.4. The molecular formula is C29H19BrClIN2O4. The molecule has 190 valence electrons. The molecule has 0 unspecified atom stereocenters. The van der Waals surface area contributed by atoms with Crippen LogP contribution in [0, 0.1) is 10.5 Å². The smallest absolute Gasteiger partial charge is 0.335 e. The fourth-order valence-electron chi connectivity index (χ4n) is 4.06. The molecule has 0 spiro atoms. The average molecular weight is 702 g/mol. The topological polar surface area (TPSA) is 75.7 Å². The molecule has 4 aromatic rings. The number of hydrogen-bond donors (Lipinski definition) is 1. The molecule has 4 amide bonds. The SMILES string of the molecule is Cc1ccc(N2C(=O)NC(=O)/C(=C/c3cc(Br)c(OCc4ccc5ccccc5c4)c(I)c3)C2=O)cc1Cl. The van der Waals surface area contributed by atoms with E-state index in [-0.39, 0.29) is 11.3 Å². The molecule has 9 heteroatoms. The quantitative estimate of drug-likeness (QED) is 0.134. The van der Waals surface area contributed by atoms with Crippen molar-refractivity contribution in [3.05, 3.63) is 108 Å². The molecular weight excluding hydrogens is 683 g/mol. The Morgan fingerprint density at radius 3 is 2.50 bits per heavy atom. The third-order valence-electron chi connectivity index (χ3n) is 6.04. The zero-order valence-corrected chi connectivity index (χ0v) is 24.4. The molecule has 6 nitrogen and oxygen atoms in total. The van der Waals surface area contributed by atoms with Gasteiger partial charge < -0.3 is 4.74 Å². The molecule has 0 saturated carbocycles. The van der Waals surface area contributed by atoms with Crippen molar-refractivity contribution in [2.45, 2.75) is 13.5 Å². The minimum Gasteiger partial charge on any atom is -0.487 e. The van der Waals surface area contributed by atoms with Crippen LogP contribution >= 0.6 is 50.1 Å². The number of hydrogen-bond acceptors (Lipinski definition) is 4. The van der Waals surface area contributed by atoms with Crippen molar-refractivity contribution in [3.63, 3.8) is 0 Å². The summed E-state index contributed by atoms with van der Waals surface area (Å²) in [4.78, 5) is 39.2. The zero-order chi connectivity index (χ0) is 27.0. The van der Waals surface area contributed by atoms with Crippen LogP contribution in [0.5, 0.6) is 5.75 Å². The van der Waals surface area contributed by atoms with E-state index < -0.39 is 17.8 Å². The summed E-state index contributed by atoms with van der Waals surface area (Å²) in [7, 11) is 0. The number of benzene rings is 4. The highest BCUT2D eigenvalue weighted by Gasteiger charge is 2.37. The molecule has 0 bridgehead atoms. The van der Waals surface area contributed by atoms with E-state index in [9.17, 15) is 14.4 Å². The first-order valence-electron chi connectivity index (χ1n) is 11.5. The summed E-state index contributed by atoms with van der Waals surface area (Å²) in [5.74, 6) is -0.856. The predicted octanol–water partition coefficient (Wildman–Crippen LogP) is 7.41. The molecule has 0 aliphatic carbocycles. The highest BCUT2D eigenvalue weighted by atomic mass is 127. The van der Waals surface area contributed by atoms with Crippen molar-refractivity contribution >= 4 is 90.5 Å². The van der Waals surface area contributed by atoms with Crippen LogP contribution < -0.4 is 15.0 Å². The van der Waals surface area contributed by atoms with E-state index in [1.54, 1.807) is 24.3 Å². The Morgan fingerprint density at radius 1 is 1.00 bits per heavy atom. The Balaban J connectivity index is 1.40. The Bertz CT molecular complexity index is 1650. The number of imide groups is 2. The number of amides is 4. The standard InChI is InChI=1S/C29H19BrClIN2O4/c1-16-6-9-21(14-24(16)31)34-28(36)22(27(35)33-29(34)37)11-18-12-23(30)26(25(32)13-18)38-15-17-7-8-19-4-2-3-5-20(19)10-17/h2-14H,15H2,1H3,(H,33,35,37)/b22-11-. The molecule has 0 atom stereocenters. The third kappa shape index (κ3) is 5.34. The summed E-state index contributed by atoms with van der Waals surface area (Å²) in [5.41, 5.74) is 2.52. The van der Waals surface area contributed by atoms with Gasteiger partial charge in [0.05, 0.1) is 13.7 Å². The minimum absolute atomic E-state index is 0.172. The lowest BCUT2D eigenvalue weighted by Gasteiger charge is -2.26. The van der Waals surface area contributed by atoms with Gasteiger partial charge in [0.25, 0.3) is 11.8 Å². The lowest BCUT2D eigenvalue weighted by molar-refractivity contribution is -0.122. The summed E-state index contributed by atoms with van der Waals surface area (Å²) in [6.45, 7) is 2.19. The van der Waals surface area contributed by atoms with Crippen molar-refractivity contribution in [3.8, 4) is 5.75 Å². The fraction of sp³-hybridized carbons (Fsp3) is 0.0690. The summed E-state index contributed by atoms with van der Waals surface area (Å²) < 4.78 is 7.56. The average Bonchev–Trinajstić information content (AvgIpc) is 2.88. The normalized spacial score (nSPS) is 14.8. The zero-order valence-electron chi connectivity index (χ0n) is 19.9. The number of urea groups is 1. The second-order valence-electron chi connectivity index (χ2n) is 8.68. The molecule has 4 aromatic carbocycles. The third-order valence-corrected chi connectivity index (χ3v) is 7.84. The van der Waals surface area contributed by atoms with Crippen LogP contribution in [-0.4, -0.2) is 17.8 Å². The number of barbiturate groups is 1. The maximum absolute atomic E-state index is 13.2. The largest absolute Gasteiger partial charge is 0.487 e. The molecule has 0 radical (unpaired) electrons. The maximum Gasteiger partial charge on any atom is 0.335 e. The molecule has 0 aromatic heterocycles. The monoisotopic (exact) mass is 700 g/mol. The first-order valence-corrected chi connectivity index (χ1v) is 13.7. The highest BCUT2D eigenvalue weighted by molar-refractivity contribution is 14.1. The van der Waals surface area contributed by atoms with Gasteiger partial charge in [-0.1, -0.05) is 54.1 Å². The van der Waals surface area contributed by atoms with Crippen molar-refractivity contribution in [1.29, 1.82) is 0 Å². The van der Waals surface area contributed by atoms with Gasteiger partial charge in [0.1, 0.15) is 17.9 Å². The number of carbonyl (C=O) groups excluding carboxylic acids is 3. The van der Waals surface area contributed by atoms with Crippen LogP contribution in [0.3, 0.4) is 0 Å². The van der Waals surface area contributed by atoms with Crippen LogP contribution in [0.15, 0.2) is 82.8 Å². The Hall–Kier alpha value is -3.21. The Labute approximate surface area is 245 Å². The van der Waals surface area contributed by atoms with Crippen LogP contribution in [0.1, 0.15) is 16.7 Å². The number of anilines is 1. The second-order valence-corrected chi connectivity index (χ2v) is 11.1. The van der Waals surface area contributed by atoms with Crippen molar-refractivity contribution in [1.82, 2.24) is 5.32 Å². The van der Waals surface area contributed by atoms with Gasteiger partial charge in [-0.25, -0.2) is 9.69 Å². The number of fused-ring (bicyclic) bond motifs is 1. The van der Waals surface area contributed by atoms with E-state index in [0.29, 0.717) is 27.4 Å². The number of nitrogens with one attached hydrogen (secondary N) is 1. The molecule has 1 aliphatic rings. The molecule has 1 heterocycles. The van der Waals surface area contributed by atoms with Crippen molar-refractivity contribution in [2.24, 2.45) is 0 Å². The Kier molecular flexibility index (Phi) is 7.56. The van der Waals surface area contributed by atoms with E-state index in [0.717, 1.165) is 30.4 Å². The molecule has 5 rings (SSSR count). The van der Waals surface area contributed by atoms with Crippen LogP contribution in [0.4, 0.5) is 10.5 Å². The van der Waals surface area contributed by atoms with Crippen LogP contribution in [0.2, 0.25) is 5.02 Å². The molecule has 1 fully saturated rings. The van der Waals surface area contributed by atoms with E-state index in [1.807, 2.05) is 25.1 Å². The van der Waals surface area contributed by atoms with Crippen LogP contribution in [0.25, 0.3) is 16.8 Å². The number of halogens is 3. The summed E-state index contributed by atoms with van der Waals surface area (Å²) in [6, 6.07) is 21.9. The lowest BCUT2D eigenvalue weighted by Crippen LogP contribution is -2.54. The van der Waals surface area contributed by atoms with Gasteiger partial charge in [0, 0.05) is 5.02 Å². The fourth-order valence-corrected chi connectivity index (χ4v) is 6.01. The van der Waals surface area contributed by atoms with Gasteiger partial charge in [-0.15, -0.1) is 0 Å². The van der Waals surface area contributed by atoms with Crippen molar-refractivity contribution < 1.29 is 19.1 Å². The lowest BCUT2D eigenvalue weighted by atomic mass is 10.1. The number of rotatable bonds is 5. The number of aryl methyl sites for hydroxylation is 1. The summed E-state index contributed by atoms with van der Waals surface area (Å²) in [5, 5.41) is 4.94. The van der Waals surface area contributed by atoms with Gasteiger partial charge in [-0.3, -0.25) is 14.9 Å². The van der Waals surface area contributed by atoms with Gasteiger partial charge in [0.2, 0.25) is 0 Å². The number of carbonyl (C=O) groups is 3. The van der Waals surface area contributed by atoms with Gasteiger partial charge in [0.15, 0.2) is 0 Å². The van der Waals surface area contributed by atoms with Crippen molar-refractivity contribution in [2.75, 3.05) is 4.90 Å². The Morgan fingerprint density at radius 2 is 1.76 bits per heavy atom. The van der Waals surface area contributed by atoms with E-state index in [1.165, 1.54) is 12.1 Å². The predicted molar refractivity (Wildman–Crippen MR) is 160 cm³/mol. The minimum atomic E-state index is -0.828. The number of ether oxygens (including phenoxy) is 1. The van der Waals surface area contributed by atoms with Gasteiger partial charge >= 0.3 is 6.03 Å². The van der Waals surface area contributed by atoms with Gasteiger partial charge in [-0.05, 0) is 109 Å². The maximum atomic E-state index is 13.2. The number of nitrogens with zero attached hydrogens (tertiary/aromatic N) is 1. The summed E-state index contributed by atoms with van der Waals surface area (Å²) >= 11 is 11.9. The van der Waals surface area contributed by atoms with E-state index in [4.69, 9.17) is 16.3 Å². The van der Waals surface area contributed by atoms with E-state index >= 15 is 0 Å². The molecule has 1 aliphatic heterocycles. The van der Waals surface area contributed by atoms with E-state index in [2.05, 4.69) is 68.1 Å². The van der Waals surface area contributed by atoms with Gasteiger partial charge in [-0.2, -0.15) is 0 Å². The summed E-state index contributed by atoms with van der Waals surface area (Å²) in [6.07, 6.45) is 1.45.